The van der Waals surface area contributed by atoms with Crippen molar-refractivity contribution < 1.29 is 9.90 Å². The summed E-state index contributed by atoms with van der Waals surface area (Å²) in [4.78, 5) is 14.9. The third-order valence-electron chi connectivity index (χ3n) is 2.22. The highest BCUT2D eigenvalue weighted by atomic mass is 16.4. The van der Waals surface area contributed by atoms with Crippen molar-refractivity contribution in [3.05, 3.63) is 29.7 Å². The Bertz CT molecular complexity index is 504. The number of aromatic nitrogens is 3. The van der Waals surface area contributed by atoms with E-state index in [4.69, 9.17) is 5.11 Å². The van der Waals surface area contributed by atoms with E-state index in [0.717, 1.165) is 18.5 Å². The van der Waals surface area contributed by atoms with Crippen LogP contribution < -0.4 is 0 Å². The largest absolute Gasteiger partial charge is 0.477 e. The monoisotopic (exact) mass is 205 g/mol. The summed E-state index contributed by atoms with van der Waals surface area (Å²) >= 11 is 0. The minimum Gasteiger partial charge on any atom is -0.477 e. The van der Waals surface area contributed by atoms with Gasteiger partial charge in [-0.3, -0.25) is 0 Å². The van der Waals surface area contributed by atoms with Crippen molar-refractivity contribution in [1.29, 1.82) is 0 Å². The molecule has 2 heterocycles. The Morgan fingerprint density at radius 3 is 3.07 bits per heavy atom. The number of aryl methyl sites for hydroxylation is 1. The first-order chi connectivity index (χ1) is 7.24. The number of carbonyl (C=O) groups is 1. The van der Waals surface area contributed by atoms with Gasteiger partial charge in [-0.25, -0.2) is 14.3 Å². The maximum Gasteiger partial charge on any atom is 0.341 e. The van der Waals surface area contributed by atoms with E-state index in [1.165, 1.54) is 6.20 Å². The van der Waals surface area contributed by atoms with Crippen LogP contribution in [0.1, 0.15) is 29.4 Å². The third kappa shape index (κ3) is 1.56. The van der Waals surface area contributed by atoms with Gasteiger partial charge in [-0.15, -0.1) is 0 Å². The predicted octanol–water partition coefficient (Wildman–Crippen LogP) is 1.38. The fourth-order valence-electron chi connectivity index (χ4n) is 1.54. The molecule has 0 saturated carbocycles. The molecule has 0 aliphatic heterocycles. The van der Waals surface area contributed by atoms with Crippen LogP contribution in [0, 0.1) is 0 Å². The van der Waals surface area contributed by atoms with Gasteiger partial charge in [-0.05, 0) is 12.5 Å². The number of hydrogen-bond acceptors (Lipinski definition) is 3. The standard InChI is InChI=1S/C10H11N3O2/c1-2-3-7-4-5-11-9-8(10(14)15)6-12-13(7)9/h4-6H,2-3H2,1H3,(H,14,15). The van der Waals surface area contributed by atoms with E-state index < -0.39 is 5.97 Å². The number of hydrogen-bond donors (Lipinski definition) is 1. The van der Waals surface area contributed by atoms with Gasteiger partial charge in [0, 0.05) is 11.9 Å². The molecule has 0 aliphatic carbocycles. The van der Waals surface area contributed by atoms with Gasteiger partial charge < -0.3 is 5.11 Å². The molecule has 1 N–H and O–H groups in total. The zero-order valence-electron chi connectivity index (χ0n) is 8.34. The van der Waals surface area contributed by atoms with E-state index in [1.54, 1.807) is 10.7 Å². The zero-order chi connectivity index (χ0) is 10.8. The molecule has 0 unspecified atom stereocenters. The average Bonchev–Trinajstić information content (AvgIpc) is 2.62. The molecule has 5 nitrogen and oxygen atoms in total. The van der Waals surface area contributed by atoms with Crippen LogP contribution >= 0.6 is 0 Å². The van der Waals surface area contributed by atoms with Gasteiger partial charge in [-0.1, -0.05) is 13.3 Å². The van der Waals surface area contributed by atoms with Crippen molar-refractivity contribution in [2.75, 3.05) is 0 Å². The molecule has 5 heteroatoms. The van der Waals surface area contributed by atoms with Gasteiger partial charge in [0.1, 0.15) is 5.56 Å². The number of nitrogens with zero attached hydrogens (tertiary/aromatic N) is 3. The minimum atomic E-state index is -0.994. The number of aromatic carboxylic acids is 1. The van der Waals surface area contributed by atoms with Gasteiger partial charge in [0.2, 0.25) is 0 Å². The lowest BCUT2D eigenvalue weighted by atomic mass is 10.2. The van der Waals surface area contributed by atoms with Crippen LogP contribution in [0.3, 0.4) is 0 Å². The normalized spacial score (nSPS) is 10.7. The lowest BCUT2D eigenvalue weighted by Gasteiger charge is -2.01. The van der Waals surface area contributed by atoms with Crippen molar-refractivity contribution >= 4 is 11.6 Å². The van der Waals surface area contributed by atoms with Crippen molar-refractivity contribution in [3.63, 3.8) is 0 Å². The summed E-state index contributed by atoms with van der Waals surface area (Å²) < 4.78 is 1.59. The Kier molecular flexibility index (Phi) is 2.37. The molecule has 2 aromatic rings. The van der Waals surface area contributed by atoms with Crippen LogP contribution in [0.4, 0.5) is 0 Å². The summed E-state index contributed by atoms with van der Waals surface area (Å²) in [5.41, 5.74) is 1.54. The van der Waals surface area contributed by atoms with E-state index in [-0.39, 0.29) is 5.56 Å². The van der Waals surface area contributed by atoms with Crippen LogP contribution in [-0.4, -0.2) is 25.7 Å². The summed E-state index contributed by atoms with van der Waals surface area (Å²) in [6, 6.07) is 1.86. The predicted molar refractivity (Wildman–Crippen MR) is 53.9 cm³/mol. The SMILES string of the molecule is CCCc1ccnc2c(C(=O)O)cnn12. The van der Waals surface area contributed by atoms with E-state index in [1.807, 2.05) is 6.07 Å². The van der Waals surface area contributed by atoms with E-state index >= 15 is 0 Å². The van der Waals surface area contributed by atoms with Crippen LogP contribution in [0.5, 0.6) is 0 Å². The molecule has 15 heavy (non-hydrogen) atoms. The number of carboxylic acid groups (broad SMARTS) is 1. The second kappa shape index (κ2) is 3.68. The minimum absolute atomic E-state index is 0.146. The number of fused-ring (bicyclic) bond motifs is 1. The first-order valence-electron chi connectivity index (χ1n) is 4.79. The highest BCUT2D eigenvalue weighted by molar-refractivity contribution is 5.94. The topological polar surface area (TPSA) is 67.5 Å². The van der Waals surface area contributed by atoms with E-state index in [2.05, 4.69) is 17.0 Å². The quantitative estimate of drug-likeness (QED) is 0.821. The molecule has 0 fully saturated rings. The van der Waals surface area contributed by atoms with Crippen molar-refractivity contribution in [2.24, 2.45) is 0 Å². The molecule has 0 saturated heterocycles. The first kappa shape index (κ1) is 9.64. The molecular weight excluding hydrogens is 194 g/mol. The van der Waals surface area contributed by atoms with Crippen LogP contribution in [0.15, 0.2) is 18.5 Å². The van der Waals surface area contributed by atoms with Gasteiger partial charge in [0.05, 0.1) is 6.20 Å². The van der Waals surface area contributed by atoms with Crippen molar-refractivity contribution in [2.45, 2.75) is 19.8 Å². The summed E-state index contributed by atoms with van der Waals surface area (Å²) in [6.07, 6.45) is 4.80. The Balaban J connectivity index is 2.63. The molecule has 0 aliphatic rings. The van der Waals surface area contributed by atoms with E-state index in [9.17, 15) is 4.79 Å². The zero-order valence-corrected chi connectivity index (χ0v) is 8.34. The molecule has 0 bridgehead atoms. The summed E-state index contributed by atoms with van der Waals surface area (Å²) in [5.74, 6) is -0.994. The maximum atomic E-state index is 10.9. The Hall–Kier alpha value is -1.91. The second-order valence-corrected chi connectivity index (χ2v) is 3.28. The first-order valence-corrected chi connectivity index (χ1v) is 4.79. The molecule has 0 spiro atoms. The highest BCUT2D eigenvalue weighted by Crippen LogP contribution is 2.11. The lowest BCUT2D eigenvalue weighted by Crippen LogP contribution is -2.01. The van der Waals surface area contributed by atoms with Crippen LogP contribution in [0.2, 0.25) is 0 Å². The van der Waals surface area contributed by atoms with Crippen LogP contribution in [0.25, 0.3) is 5.65 Å². The molecule has 0 radical (unpaired) electrons. The molecule has 0 aromatic carbocycles. The fraction of sp³-hybridized carbons (Fsp3) is 0.300. The van der Waals surface area contributed by atoms with E-state index in [0.29, 0.717) is 5.65 Å². The van der Waals surface area contributed by atoms with Gasteiger partial charge in [0.25, 0.3) is 0 Å². The third-order valence-corrected chi connectivity index (χ3v) is 2.22. The lowest BCUT2D eigenvalue weighted by molar-refractivity contribution is 0.0699. The average molecular weight is 205 g/mol. The summed E-state index contributed by atoms with van der Waals surface area (Å²) in [5, 5.41) is 12.9. The second-order valence-electron chi connectivity index (χ2n) is 3.28. The smallest absolute Gasteiger partial charge is 0.341 e. The Labute approximate surface area is 86.4 Å². The van der Waals surface area contributed by atoms with Gasteiger partial charge in [0.15, 0.2) is 5.65 Å². The van der Waals surface area contributed by atoms with Crippen molar-refractivity contribution in [3.8, 4) is 0 Å². The molecular formula is C10H11N3O2. The number of carboxylic acids is 1. The van der Waals surface area contributed by atoms with Gasteiger partial charge in [-0.2, -0.15) is 5.10 Å². The molecule has 78 valence electrons. The molecule has 2 aromatic heterocycles. The Morgan fingerprint density at radius 1 is 1.60 bits per heavy atom. The molecule has 0 atom stereocenters. The Morgan fingerprint density at radius 2 is 2.40 bits per heavy atom. The fourth-order valence-corrected chi connectivity index (χ4v) is 1.54. The molecule has 0 amide bonds. The summed E-state index contributed by atoms with van der Waals surface area (Å²) in [7, 11) is 0. The van der Waals surface area contributed by atoms with Gasteiger partial charge >= 0.3 is 5.97 Å². The van der Waals surface area contributed by atoms with Crippen molar-refractivity contribution in [1.82, 2.24) is 14.6 Å². The molecule has 2 rings (SSSR count). The summed E-state index contributed by atoms with van der Waals surface area (Å²) in [6.45, 7) is 2.06. The highest BCUT2D eigenvalue weighted by Gasteiger charge is 2.13. The maximum absolute atomic E-state index is 10.9. The number of rotatable bonds is 3. The van der Waals surface area contributed by atoms with Crippen LogP contribution in [-0.2, 0) is 6.42 Å².